The van der Waals surface area contributed by atoms with E-state index in [4.69, 9.17) is 9.47 Å². The van der Waals surface area contributed by atoms with E-state index in [1.54, 1.807) is 24.3 Å². The molecule has 0 radical (unpaired) electrons. The summed E-state index contributed by atoms with van der Waals surface area (Å²) >= 11 is 0. The highest BCUT2D eigenvalue weighted by Crippen LogP contribution is 2.08. The molecule has 1 atom stereocenters. The molecule has 0 aliphatic heterocycles. The number of ether oxygens (including phenoxy) is 2. The van der Waals surface area contributed by atoms with Crippen molar-refractivity contribution in [2.24, 2.45) is 0 Å². The molecule has 2 amide bonds. The van der Waals surface area contributed by atoms with Crippen molar-refractivity contribution in [3.8, 4) is 0 Å². The molecule has 1 unspecified atom stereocenters. The van der Waals surface area contributed by atoms with Crippen LogP contribution in [0.15, 0.2) is 91.0 Å². The number of carbonyl (C=O) groups excluding carboxylic acids is 3. The van der Waals surface area contributed by atoms with Crippen molar-refractivity contribution < 1.29 is 23.9 Å². The SMILES string of the molecule is O=C(Nc1ccccc1)NC(CC(=O)OCc1ccccc1)C(=O)OCc1ccccc1. The van der Waals surface area contributed by atoms with E-state index in [1.807, 2.05) is 66.7 Å². The fourth-order valence-electron chi connectivity index (χ4n) is 2.83. The van der Waals surface area contributed by atoms with Crippen LogP contribution in [0.4, 0.5) is 10.5 Å². The lowest BCUT2D eigenvalue weighted by atomic mass is 10.2. The zero-order valence-corrected chi connectivity index (χ0v) is 17.4. The highest BCUT2D eigenvalue weighted by molar-refractivity contribution is 5.93. The van der Waals surface area contributed by atoms with Gasteiger partial charge in [-0.2, -0.15) is 0 Å². The molecule has 7 heteroatoms. The van der Waals surface area contributed by atoms with Crippen molar-refractivity contribution in [3.63, 3.8) is 0 Å². The Hall–Kier alpha value is -4.13. The number of amides is 2. The third-order valence-electron chi connectivity index (χ3n) is 4.46. The topological polar surface area (TPSA) is 93.7 Å². The largest absolute Gasteiger partial charge is 0.461 e. The zero-order valence-electron chi connectivity index (χ0n) is 17.4. The highest BCUT2D eigenvalue weighted by atomic mass is 16.5. The number of hydrogen-bond acceptors (Lipinski definition) is 5. The Morgan fingerprint density at radius 3 is 1.75 bits per heavy atom. The molecule has 0 heterocycles. The standard InChI is InChI=1S/C25H24N2O5/c28-23(31-17-19-10-4-1-5-11-19)16-22(24(29)32-18-20-12-6-2-7-13-20)27-25(30)26-21-14-8-3-9-15-21/h1-15,22H,16-18H2,(H2,26,27,30). The van der Waals surface area contributed by atoms with Gasteiger partial charge in [0.2, 0.25) is 0 Å². The van der Waals surface area contributed by atoms with E-state index in [0.717, 1.165) is 11.1 Å². The molecule has 2 N–H and O–H groups in total. The predicted octanol–water partition coefficient (Wildman–Crippen LogP) is 4.05. The minimum Gasteiger partial charge on any atom is -0.461 e. The van der Waals surface area contributed by atoms with Crippen LogP contribution in [0.25, 0.3) is 0 Å². The summed E-state index contributed by atoms with van der Waals surface area (Å²) in [7, 11) is 0. The molecule has 0 aliphatic rings. The molecular formula is C25H24N2O5. The molecule has 0 bridgehead atoms. The second-order valence-electron chi connectivity index (χ2n) is 6.96. The summed E-state index contributed by atoms with van der Waals surface area (Å²) in [5.74, 6) is -1.36. The molecule has 0 saturated carbocycles. The smallest absolute Gasteiger partial charge is 0.329 e. The molecule has 0 spiro atoms. The molecule has 0 aromatic heterocycles. The third-order valence-corrected chi connectivity index (χ3v) is 4.46. The van der Waals surface area contributed by atoms with Crippen molar-refractivity contribution >= 4 is 23.7 Å². The van der Waals surface area contributed by atoms with Gasteiger partial charge in [0.1, 0.15) is 19.3 Å². The van der Waals surface area contributed by atoms with E-state index in [2.05, 4.69) is 10.6 Å². The number of nitrogens with one attached hydrogen (secondary N) is 2. The van der Waals surface area contributed by atoms with Gasteiger partial charge in [-0.1, -0.05) is 78.9 Å². The van der Waals surface area contributed by atoms with Crippen LogP contribution >= 0.6 is 0 Å². The molecule has 164 valence electrons. The lowest BCUT2D eigenvalue weighted by Gasteiger charge is -2.18. The van der Waals surface area contributed by atoms with Gasteiger partial charge < -0.3 is 20.1 Å². The van der Waals surface area contributed by atoms with E-state index >= 15 is 0 Å². The van der Waals surface area contributed by atoms with Crippen LogP contribution < -0.4 is 10.6 Å². The van der Waals surface area contributed by atoms with E-state index in [0.29, 0.717) is 5.69 Å². The van der Waals surface area contributed by atoms with E-state index in [-0.39, 0.29) is 19.6 Å². The number of hydrogen-bond donors (Lipinski definition) is 2. The molecule has 3 aromatic rings. The fraction of sp³-hybridized carbons (Fsp3) is 0.160. The number of rotatable bonds is 9. The van der Waals surface area contributed by atoms with Crippen LogP contribution in [0.5, 0.6) is 0 Å². The molecule has 32 heavy (non-hydrogen) atoms. The van der Waals surface area contributed by atoms with Crippen molar-refractivity contribution in [2.75, 3.05) is 5.32 Å². The summed E-state index contributed by atoms with van der Waals surface area (Å²) in [6, 6.07) is 25.2. The Balaban J connectivity index is 1.60. The maximum Gasteiger partial charge on any atom is 0.329 e. The van der Waals surface area contributed by atoms with Crippen molar-refractivity contribution in [3.05, 3.63) is 102 Å². The minimum absolute atomic E-state index is 0.0250. The van der Waals surface area contributed by atoms with Gasteiger partial charge in [0.05, 0.1) is 6.42 Å². The minimum atomic E-state index is -1.20. The summed E-state index contributed by atoms with van der Waals surface area (Å²) < 4.78 is 10.6. The quantitative estimate of drug-likeness (QED) is 0.498. The summed E-state index contributed by atoms with van der Waals surface area (Å²) in [5, 5.41) is 5.13. The van der Waals surface area contributed by atoms with Crippen molar-refractivity contribution in [1.29, 1.82) is 0 Å². The summed E-state index contributed by atoms with van der Waals surface area (Å²) in [5.41, 5.74) is 2.16. The number of anilines is 1. The maximum atomic E-state index is 12.6. The van der Waals surface area contributed by atoms with E-state index in [1.165, 1.54) is 0 Å². The number of esters is 2. The second-order valence-corrected chi connectivity index (χ2v) is 6.96. The van der Waals surface area contributed by atoms with Crippen molar-refractivity contribution in [2.45, 2.75) is 25.7 Å². The average molecular weight is 432 g/mol. The third kappa shape index (κ3) is 7.60. The van der Waals surface area contributed by atoms with E-state index in [9.17, 15) is 14.4 Å². The number of benzene rings is 3. The first-order valence-corrected chi connectivity index (χ1v) is 10.1. The van der Waals surface area contributed by atoms with Gasteiger partial charge in [0.15, 0.2) is 0 Å². The fourth-order valence-corrected chi connectivity index (χ4v) is 2.83. The number of urea groups is 1. The molecule has 3 rings (SSSR count). The molecule has 0 fully saturated rings. The summed E-state index contributed by atoms with van der Waals surface area (Å²) in [6.45, 7) is 0.0961. The summed E-state index contributed by atoms with van der Waals surface area (Å²) in [6.07, 6.45) is -0.358. The monoisotopic (exact) mass is 432 g/mol. The molecule has 3 aromatic carbocycles. The summed E-state index contributed by atoms with van der Waals surface area (Å²) in [4.78, 5) is 37.4. The molecule has 0 saturated heterocycles. The average Bonchev–Trinajstić information content (AvgIpc) is 2.83. The van der Waals surface area contributed by atoms with Crippen LogP contribution in [0.3, 0.4) is 0 Å². The Bertz CT molecular complexity index is 1010. The first-order chi connectivity index (χ1) is 15.6. The molecule has 0 aliphatic carbocycles. The molecular weight excluding hydrogens is 408 g/mol. The Kier molecular flexibility index (Phi) is 8.39. The molecule has 7 nitrogen and oxygen atoms in total. The number of carbonyl (C=O) groups is 3. The zero-order chi connectivity index (χ0) is 22.6. The first-order valence-electron chi connectivity index (χ1n) is 10.1. The first kappa shape index (κ1) is 22.6. The van der Waals surface area contributed by atoms with Crippen LogP contribution in [0, 0.1) is 0 Å². The predicted molar refractivity (Wildman–Crippen MR) is 119 cm³/mol. The Morgan fingerprint density at radius 1 is 0.688 bits per heavy atom. The van der Waals surface area contributed by atoms with Gasteiger partial charge in [-0.3, -0.25) is 4.79 Å². The Morgan fingerprint density at radius 2 is 1.19 bits per heavy atom. The maximum absolute atomic E-state index is 12.6. The van der Waals surface area contributed by atoms with Gasteiger partial charge in [-0.05, 0) is 23.3 Å². The van der Waals surface area contributed by atoms with Crippen LogP contribution in [0.2, 0.25) is 0 Å². The normalized spacial score (nSPS) is 11.1. The van der Waals surface area contributed by atoms with Crippen LogP contribution in [-0.4, -0.2) is 24.0 Å². The lowest BCUT2D eigenvalue weighted by Crippen LogP contribution is -2.45. The van der Waals surface area contributed by atoms with Gasteiger partial charge in [-0.25, -0.2) is 9.59 Å². The van der Waals surface area contributed by atoms with Gasteiger partial charge in [0, 0.05) is 5.69 Å². The van der Waals surface area contributed by atoms with Gasteiger partial charge in [0.25, 0.3) is 0 Å². The van der Waals surface area contributed by atoms with Gasteiger partial charge >= 0.3 is 18.0 Å². The van der Waals surface area contributed by atoms with Crippen LogP contribution in [0.1, 0.15) is 17.5 Å². The highest BCUT2D eigenvalue weighted by Gasteiger charge is 2.26. The Labute approximate surface area is 186 Å². The van der Waals surface area contributed by atoms with Gasteiger partial charge in [-0.15, -0.1) is 0 Å². The van der Waals surface area contributed by atoms with E-state index < -0.39 is 24.0 Å². The van der Waals surface area contributed by atoms with Crippen LogP contribution in [-0.2, 0) is 32.3 Å². The van der Waals surface area contributed by atoms with Crippen molar-refractivity contribution in [1.82, 2.24) is 5.32 Å². The lowest BCUT2D eigenvalue weighted by molar-refractivity contribution is -0.153. The second kappa shape index (κ2) is 11.9. The number of para-hydroxylation sites is 1.